The molecule has 0 spiro atoms. The number of hydrogen-bond acceptors (Lipinski definition) is 3. The smallest absolute Gasteiger partial charge is 0.224 e. The summed E-state index contributed by atoms with van der Waals surface area (Å²) in [6.07, 6.45) is 2.05. The minimum atomic E-state index is 0. The molecule has 0 aliphatic rings. The Morgan fingerprint density at radius 1 is 1.19 bits per heavy atom. The number of fused-ring (bicyclic) bond motifs is 1. The van der Waals surface area contributed by atoms with Gasteiger partial charge in [0.25, 0.3) is 0 Å². The summed E-state index contributed by atoms with van der Waals surface area (Å²) in [5.74, 6) is 0.0313. The molecule has 5 heteroatoms. The van der Waals surface area contributed by atoms with Crippen molar-refractivity contribution < 1.29 is 9.21 Å². The number of carbonyl (C=O) groups excluding carboxylic acids is 1. The molecule has 0 fully saturated rings. The van der Waals surface area contributed by atoms with E-state index in [2.05, 4.69) is 30.5 Å². The van der Waals surface area contributed by atoms with Gasteiger partial charge >= 0.3 is 0 Å². The summed E-state index contributed by atoms with van der Waals surface area (Å²) in [4.78, 5) is 11.9. The number of rotatable bonds is 6. The van der Waals surface area contributed by atoms with Gasteiger partial charge in [-0.2, -0.15) is 0 Å². The number of nitrogens with one attached hydrogen (secondary N) is 2. The zero-order chi connectivity index (χ0) is 14.5. The van der Waals surface area contributed by atoms with Crippen LogP contribution in [0.3, 0.4) is 0 Å². The Morgan fingerprint density at radius 3 is 2.62 bits per heavy atom. The minimum Gasteiger partial charge on any atom is -0.464 e. The molecular formula is C16H23ClN2O2. The number of likely N-dealkylation sites (N-methyl/N-ethyl adjacent to an activating group) is 1. The van der Waals surface area contributed by atoms with Crippen LogP contribution in [0.4, 0.5) is 0 Å². The van der Waals surface area contributed by atoms with Crippen molar-refractivity contribution in [3.8, 4) is 0 Å². The molecule has 4 nitrogen and oxygen atoms in total. The van der Waals surface area contributed by atoms with Crippen molar-refractivity contribution >= 4 is 29.3 Å². The largest absolute Gasteiger partial charge is 0.464 e. The summed E-state index contributed by atoms with van der Waals surface area (Å²) in [5.41, 5.74) is 4.22. The van der Waals surface area contributed by atoms with Crippen molar-refractivity contribution in [2.45, 2.75) is 27.2 Å². The van der Waals surface area contributed by atoms with E-state index in [9.17, 15) is 4.79 Å². The average molecular weight is 311 g/mol. The summed E-state index contributed by atoms with van der Waals surface area (Å²) >= 11 is 0. The molecule has 2 N–H and O–H groups in total. The van der Waals surface area contributed by atoms with Gasteiger partial charge in [-0.3, -0.25) is 4.79 Å². The third-order valence-corrected chi connectivity index (χ3v) is 3.49. The first-order valence-electron chi connectivity index (χ1n) is 7.06. The van der Waals surface area contributed by atoms with Gasteiger partial charge in [0.05, 0.1) is 12.7 Å². The summed E-state index contributed by atoms with van der Waals surface area (Å²) in [6.45, 7) is 8.55. The van der Waals surface area contributed by atoms with E-state index in [1.807, 2.05) is 13.0 Å². The lowest BCUT2D eigenvalue weighted by atomic mass is 10.0. The Balaban J connectivity index is 0.00000220. The molecule has 0 saturated carbocycles. The van der Waals surface area contributed by atoms with E-state index < -0.39 is 0 Å². The molecule has 0 radical (unpaired) electrons. The van der Waals surface area contributed by atoms with E-state index in [0.29, 0.717) is 13.0 Å². The molecule has 1 aromatic carbocycles. The van der Waals surface area contributed by atoms with E-state index in [-0.39, 0.29) is 18.3 Å². The van der Waals surface area contributed by atoms with Crippen LogP contribution in [0.1, 0.15) is 23.6 Å². The fourth-order valence-electron chi connectivity index (χ4n) is 2.18. The lowest BCUT2D eigenvalue weighted by Crippen LogP contribution is -2.32. The van der Waals surface area contributed by atoms with Gasteiger partial charge in [-0.25, -0.2) is 0 Å². The zero-order valence-corrected chi connectivity index (χ0v) is 13.6. The highest BCUT2D eigenvalue weighted by atomic mass is 35.5. The normalized spacial score (nSPS) is 10.4. The van der Waals surface area contributed by atoms with E-state index in [4.69, 9.17) is 4.42 Å². The van der Waals surface area contributed by atoms with Crippen molar-refractivity contribution in [3.05, 3.63) is 35.1 Å². The van der Waals surface area contributed by atoms with E-state index >= 15 is 0 Å². The average Bonchev–Trinajstić information content (AvgIpc) is 2.78. The summed E-state index contributed by atoms with van der Waals surface area (Å²) in [6, 6.07) is 4.12. The van der Waals surface area contributed by atoms with Gasteiger partial charge in [0.2, 0.25) is 5.91 Å². The van der Waals surface area contributed by atoms with Crippen LogP contribution in [0.25, 0.3) is 11.0 Å². The van der Waals surface area contributed by atoms with E-state index in [1.165, 1.54) is 11.1 Å². The Labute approximate surface area is 131 Å². The molecule has 0 aliphatic heterocycles. The number of aryl methyl sites for hydroxylation is 2. The maximum atomic E-state index is 11.9. The fraction of sp³-hybridized carbons (Fsp3) is 0.438. The summed E-state index contributed by atoms with van der Waals surface area (Å²) in [5, 5.41) is 7.11. The van der Waals surface area contributed by atoms with Crippen LogP contribution in [0.2, 0.25) is 0 Å². The van der Waals surface area contributed by atoms with Gasteiger partial charge in [-0.1, -0.05) is 6.92 Å². The zero-order valence-electron chi connectivity index (χ0n) is 12.8. The van der Waals surface area contributed by atoms with Gasteiger partial charge in [-0.05, 0) is 43.7 Å². The van der Waals surface area contributed by atoms with Crippen molar-refractivity contribution in [1.29, 1.82) is 0 Å². The van der Waals surface area contributed by atoms with Gasteiger partial charge in [-0.15, -0.1) is 12.4 Å². The van der Waals surface area contributed by atoms with Gasteiger partial charge in [0.1, 0.15) is 5.58 Å². The third kappa shape index (κ3) is 4.48. The molecule has 0 atom stereocenters. The molecule has 1 amide bonds. The molecule has 1 heterocycles. The SMILES string of the molecule is CCNCCNC(=O)Cc1coc2cc(C)c(C)cc12.Cl. The number of benzene rings is 1. The highest BCUT2D eigenvalue weighted by Gasteiger charge is 2.11. The second-order valence-corrected chi connectivity index (χ2v) is 5.07. The van der Waals surface area contributed by atoms with E-state index in [0.717, 1.165) is 29.6 Å². The third-order valence-electron chi connectivity index (χ3n) is 3.49. The highest BCUT2D eigenvalue weighted by molar-refractivity contribution is 5.88. The number of carbonyl (C=O) groups is 1. The van der Waals surface area contributed by atoms with Crippen LogP contribution in [0.5, 0.6) is 0 Å². The number of hydrogen-bond donors (Lipinski definition) is 2. The van der Waals surface area contributed by atoms with Crippen molar-refractivity contribution in [2.75, 3.05) is 19.6 Å². The predicted molar refractivity (Wildman–Crippen MR) is 88.2 cm³/mol. The Bertz CT molecular complexity index is 608. The lowest BCUT2D eigenvalue weighted by molar-refractivity contribution is -0.120. The highest BCUT2D eigenvalue weighted by Crippen LogP contribution is 2.25. The quantitative estimate of drug-likeness (QED) is 0.807. The van der Waals surface area contributed by atoms with Crippen LogP contribution < -0.4 is 10.6 Å². The van der Waals surface area contributed by atoms with Crippen molar-refractivity contribution in [2.24, 2.45) is 0 Å². The predicted octanol–water partition coefficient (Wildman–Crippen LogP) is 2.74. The monoisotopic (exact) mass is 310 g/mol. The van der Waals surface area contributed by atoms with Crippen LogP contribution in [0, 0.1) is 13.8 Å². The molecule has 116 valence electrons. The lowest BCUT2D eigenvalue weighted by Gasteiger charge is -2.05. The first-order chi connectivity index (χ1) is 9.61. The Morgan fingerprint density at radius 2 is 1.90 bits per heavy atom. The molecule has 0 saturated heterocycles. The molecule has 0 aliphatic carbocycles. The Hall–Kier alpha value is -1.52. The molecule has 1 aromatic heterocycles. The van der Waals surface area contributed by atoms with Crippen molar-refractivity contribution in [1.82, 2.24) is 10.6 Å². The Kier molecular flexibility index (Phi) is 6.72. The van der Waals surface area contributed by atoms with Crippen LogP contribution in [-0.4, -0.2) is 25.5 Å². The topological polar surface area (TPSA) is 54.3 Å². The standard InChI is InChI=1S/C16H22N2O2.ClH/c1-4-17-5-6-18-16(19)9-13-10-20-15-8-12(3)11(2)7-14(13)15;/h7-8,10,17H,4-6,9H2,1-3H3,(H,18,19);1H. The molecule has 0 unspecified atom stereocenters. The van der Waals surface area contributed by atoms with Gasteiger partial charge < -0.3 is 15.1 Å². The number of furan rings is 1. The van der Waals surface area contributed by atoms with Gasteiger partial charge in [0.15, 0.2) is 0 Å². The van der Waals surface area contributed by atoms with Crippen LogP contribution >= 0.6 is 12.4 Å². The van der Waals surface area contributed by atoms with Gasteiger partial charge in [0, 0.05) is 24.0 Å². The second-order valence-electron chi connectivity index (χ2n) is 5.07. The molecular weight excluding hydrogens is 288 g/mol. The fourth-order valence-corrected chi connectivity index (χ4v) is 2.18. The van der Waals surface area contributed by atoms with Crippen molar-refractivity contribution in [3.63, 3.8) is 0 Å². The van der Waals surface area contributed by atoms with E-state index in [1.54, 1.807) is 6.26 Å². The number of halogens is 1. The maximum absolute atomic E-state index is 11.9. The molecule has 2 rings (SSSR count). The molecule has 0 bridgehead atoms. The summed E-state index contributed by atoms with van der Waals surface area (Å²) in [7, 11) is 0. The first kappa shape index (κ1) is 17.5. The first-order valence-corrected chi connectivity index (χ1v) is 7.06. The minimum absolute atomic E-state index is 0. The second kappa shape index (κ2) is 8.05. The molecule has 21 heavy (non-hydrogen) atoms. The van der Waals surface area contributed by atoms with Crippen LogP contribution in [-0.2, 0) is 11.2 Å². The maximum Gasteiger partial charge on any atom is 0.224 e. The summed E-state index contributed by atoms with van der Waals surface area (Å²) < 4.78 is 5.54. The van der Waals surface area contributed by atoms with Crippen LogP contribution in [0.15, 0.2) is 22.8 Å². The number of amides is 1. The molecule has 2 aromatic rings.